The predicted octanol–water partition coefficient (Wildman–Crippen LogP) is 6.33. The molecule has 4 N–H and O–H groups in total. The lowest BCUT2D eigenvalue weighted by atomic mass is 10.0. The zero-order chi connectivity index (χ0) is 26.9. The van der Waals surface area contributed by atoms with Crippen molar-refractivity contribution >= 4 is 52.4 Å². The Morgan fingerprint density at radius 3 is 2.14 bits per heavy atom. The van der Waals surface area contributed by atoms with Crippen LogP contribution in [0.25, 0.3) is 11.1 Å². The fourth-order valence-corrected chi connectivity index (χ4v) is 4.21. The first-order chi connectivity index (χ1) is 17.6. The molecule has 2 amide bonds. The highest BCUT2D eigenvalue weighted by Crippen LogP contribution is 2.31. The average Bonchev–Trinajstić information content (AvgIpc) is 2.84. The zero-order valence-electron chi connectivity index (χ0n) is 20.6. The van der Waals surface area contributed by atoms with Gasteiger partial charge in [-0.15, -0.1) is 0 Å². The van der Waals surface area contributed by atoms with Gasteiger partial charge in [0.05, 0.1) is 6.42 Å². The maximum absolute atomic E-state index is 13.1. The molecule has 0 radical (unpaired) electrons. The van der Waals surface area contributed by atoms with Gasteiger partial charge in [-0.05, 0) is 66.4 Å². The van der Waals surface area contributed by atoms with E-state index in [1.165, 1.54) is 0 Å². The Kier molecular flexibility index (Phi) is 9.94. The van der Waals surface area contributed by atoms with Gasteiger partial charge < -0.3 is 21.1 Å². The van der Waals surface area contributed by atoms with Crippen LogP contribution in [0.3, 0.4) is 0 Å². The van der Waals surface area contributed by atoms with E-state index >= 15 is 0 Å². The van der Waals surface area contributed by atoms with Gasteiger partial charge in [-0.25, -0.2) is 0 Å². The third-order valence-corrected chi connectivity index (χ3v) is 6.08. The van der Waals surface area contributed by atoms with Crippen molar-refractivity contribution in [3.63, 3.8) is 0 Å². The van der Waals surface area contributed by atoms with E-state index in [1.807, 2.05) is 44.2 Å². The van der Waals surface area contributed by atoms with Gasteiger partial charge in [-0.2, -0.15) is 0 Å². The molecule has 37 heavy (non-hydrogen) atoms. The van der Waals surface area contributed by atoms with E-state index < -0.39 is 12.0 Å². The predicted molar refractivity (Wildman–Crippen MR) is 148 cm³/mol. The summed E-state index contributed by atoms with van der Waals surface area (Å²) in [6, 6.07) is 18.9. The van der Waals surface area contributed by atoms with Gasteiger partial charge in [-0.3, -0.25) is 14.4 Å². The number of nitrogens with one attached hydrogen (secondary N) is 3. The highest BCUT2D eigenvalue weighted by Gasteiger charge is 2.20. The summed E-state index contributed by atoms with van der Waals surface area (Å²) in [5.74, 6) is -1.25. The molecule has 0 fully saturated rings. The number of anilines is 2. The number of hydrogen-bond donors (Lipinski definition) is 4. The lowest BCUT2D eigenvalue weighted by molar-refractivity contribution is -0.136. The first kappa shape index (κ1) is 28.0. The number of carbonyl (C=O) groups is 3. The molecule has 194 valence electrons. The minimum Gasteiger partial charge on any atom is -0.481 e. The van der Waals surface area contributed by atoms with Gasteiger partial charge in [0.15, 0.2) is 0 Å². The molecule has 3 aromatic carbocycles. The molecule has 9 heteroatoms. The van der Waals surface area contributed by atoms with Crippen molar-refractivity contribution in [2.75, 3.05) is 17.2 Å². The molecular weight excluding hydrogens is 513 g/mol. The van der Waals surface area contributed by atoms with Crippen LogP contribution in [0.4, 0.5) is 11.4 Å². The van der Waals surface area contributed by atoms with E-state index in [9.17, 15) is 14.4 Å². The van der Waals surface area contributed by atoms with E-state index in [1.54, 1.807) is 36.4 Å². The summed E-state index contributed by atoms with van der Waals surface area (Å²) in [4.78, 5) is 35.9. The van der Waals surface area contributed by atoms with Crippen molar-refractivity contribution in [1.29, 1.82) is 0 Å². The van der Waals surface area contributed by atoms with Gasteiger partial charge >= 0.3 is 5.97 Å². The van der Waals surface area contributed by atoms with E-state index in [0.717, 1.165) is 11.1 Å². The van der Waals surface area contributed by atoms with Crippen LogP contribution in [0.15, 0.2) is 66.7 Å². The molecule has 3 aromatic rings. The molecule has 0 bridgehead atoms. The maximum Gasteiger partial charge on any atom is 0.305 e. The number of carboxylic acid groups (broad SMARTS) is 1. The van der Waals surface area contributed by atoms with E-state index in [0.29, 0.717) is 33.4 Å². The summed E-state index contributed by atoms with van der Waals surface area (Å²) in [5, 5.41) is 18.6. The van der Waals surface area contributed by atoms with Crippen LogP contribution in [0.1, 0.15) is 37.0 Å². The molecule has 0 aromatic heterocycles. The zero-order valence-corrected chi connectivity index (χ0v) is 22.1. The summed E-state index contributed by atoms with van der Waals surface area (Å²) in [6.45, 7) is 4.13. The van der Waals surface area contributed by atoms with Crippen LogP contribution >= 0.6 is 23.2 Å². The molecule has 3 rings (SSSR count). The Bertz CT molecular complexity index is 1250. The Balaban J connectivity index is 1.65. The number of rotatable bonds is 11. The molecule has 0 saturated heterocycles. The van der Waals surface area contributed by atoms with Gasteiger partial charge in [0.25, 0.3) is 5.91 Å². The lowest BCUT2D eigenvalue weighted by Gasteiger charge is -2.21. The molecule has 0 aliphatic rings. The Morgan fingerprint density at radius 2 is 1.54 bits per heavy atom. The van der Waals surface area contributed by atoms with Crippen LogP contribution in [0.2, 0.25) is 10.0 Å². The number of amides is 2. The van der Waals surface area contributed by atoms with Crippen molar-refractivity contribution in [3.05, 3.63) is 82.3 Å². The highest BCUT2D eigenvalue weighted by atomic mass is 35.5. The summed E-state index contributed by atoms with van der Waals surface area (Å²) < 4.78 is 0. The molecule has 0 aliphatic heterocycles. The number of benzene rings is 3. The monoisotopic (exact) mass is 541 g/mol. The van der Waals surface area contributed by atoms with Crippen molar-refractivity contribution in [2.45, 2.75) is 32.7 Å². The molecule has 0 spiro atoms. The Labute approximate surface area is 226 Å². The Morgan fingerprint density at radius 1 is 0.892 bits per heavy atom. The van der Waals surface area contributed by atoms with Gasteiger partial charge in [0.1, 0.15) is 6.04 Å². The summed E-state index contributed by atoms with van der Waals surface area (Å²) in [7, 11) is 0. The van der Waals surface area contributed by atoms with E-state index in [4.69, 9.17) is 28.3 Å². The van der Waals surface area contributed by atoms with Gasteiger partial charge in [0.2, 0.25) is 5.91 Å². The fourth-order valence-electron chi connectivity index (χ4n) is 3.69. The second-order valence-electron chi connectivity index (χ2n) is 8.99. The standard InChI is InChI=1S/C28H29Cl2N3O4/c1-17(2)15-25(32-21-10-5-19(6-11-21)27(36)31-14-13-26(34)35)28(37)33-22-8-3-18(4-9-22)23-12-7-20(29)16-24(23)30/h3-12,16-17,25,32H,13-15H2,1-2H3,(H,31,36)(H,33,37)(H,34,35)/t25-/m0/s1. The average molecular weight is 542 g/mol. The molecule has 7 nitrogen and oxygen atoms in total. The normalized spacial score (nSPS) is 11.6. The van der Waals surface area contributed by atoms with Crippen LogP contribution < -0.4 is 16.0 Å². The summed E-state index contributed by atoms with van der Waals surface area (Å²) >= 11 is 12.3. The van der Waals surface area contributed by atoms with Crippen molar-refractivity contribution < 1.29 is 19.5 Å². The quantitative estimate of drug-likeness (QED) is 0.227. The van der Waals surface area contributed by atoms with Crippen LogP contribution in [0, 0.1) is 5.92 Å². The third-order valence-electron chi connectivity index (χ3n) is 5.53. The molecule has 0 unspecified atom stereocenters. The van der Waals surface area contributed by atoms with Crippen molar-refractivity contribution in [2.24, 2.45) is 5.92 Å². The van der Waals surface area contributed by atoms with Gasteiger partial charge in [-0.1, -0.05) is 55.2 Å². The number of carboxylic acids is 1. The Hall–Kier alpha value is -3.55. The number of aliphatic carboxylic acids is 1. The van der Waals surface area contributed by atoms with E-state index in [2.05, 4.69) is 16.0 Å². The second kappa shape index (κ2) is 13.1. The molecule has 0 heterocycles. The van der Waals surface area contributed by atoms with Crippen LogP contribution in [0.5, 0.6) is 0 Å². The summed E-state index contributed by atoms with van der Waals surface area (Å²) in [5.41, 5.74) is 3.51. The van der Waals surface area contributed by atoms with Crippen LogP contribution in [-0.2, 0) is 9.59 Å². The van der Waals surface area contributed by atoms with Crippen LogP contribution in [-0.4, -0.2) is 35.5 Å². The minimum atomic E-state index is -0.976. The highest BCUT2D eigenvalue weighted by molar-refractivity contribution is 6.36. The lowest BCUT2D eigenvalue weighted by Crippen LogP contribution is -2.35. The first-order valence-electron chi connectivity index (χ1n) is 11.9. The molecule has 0 saturated carbocycles. The fraction of sp³-hybridized carbons (Fsp3) is 0.250. The number of hydrogen-bond acceptors (Lipinski definition) is 4. The topological polar surface area (TPSA) is 108 Å². The number of carbonyl (C=O) groups excluding carboxylic acids is 2. The third kappa shape index (κ3) is 8.51. The largest absolute Gasteiger partial charge is 0.481 e. The number of halogens is 2. The minimum absolute atomic E-state index is 0.0541. The second-order valence-corrected chi connectivity index (χ2v) is 9.84. The SMILES string of the molecule is CC(C)C[C@H](Nc1ccc(C(=O)NCCC(=O)O)cc1)C(=O)Nc1ccc(-c2ccc(Cl)cc2Cl)cc1. The molecule has 0 aliphatic carbocycles. The van der Waals surface area contributed by atoms with E-state index in [-0.39, 0.29) is 30.7 Å². The van der Waals surface area contributed by atoms with Gasteiger partial charge in [0, 0.05) is 39.1 Å². The smallest absolute Gasteiger partial charge is 0.305 e. The molecule has 1 atom stereocenters. The molecular formula is C28H29Cl2N3O4. The summed E-state index contributed by atoms with van der Waals surface area (Å²) in [6.07, 6.45) is 0.455. The van der Waals surface area contributed by atoms with Crippen molar-refractivity contribution in [3.8, 4) is 11.1 Å². The maximum atomic E-state index is 13.1. The first-order valence-corrected chi connectivity index (χ1v) is 12.6. The van der Waals surface area contributed by atoms with Crippen molar-refractivity contribution in [1.82, 2.24) is 5.32 Å².